The molecule has 2 nitrogen and oxygen atoms in total. The third-order valence-electron chi connectivity index (χ3n) is 11.9. The van der Waals surface area contributed by atoms with Crippen LogP contribution < -0.4 is 0 Å². The van der Waals surface area contributed by atoms with Gasteiger partial charge < -0.3 is 9.53 Å². The molecule has 3 fully saturated rings. The molecule has 4 aliphatic carbocycles. The van der Waals surface area contributed by atoms with E-state index in [4.69, 9.17) is 4.43 Å². The summed E-state index contributed by atoms with van der Waals surface area (Å²) < 4.78 is 6.49. The van der Waals surface area contributed by atoms with Crippen molar-refractivity contribution in [3.63, 3.8) is 0 Å². The minimum absolute atomic E-state index is 0.0907. The lowest BCUT2D eigenvalue weighted by molar-refractivity contribution is -0.0573. The van der Waals surface area contributed by atoms with Gasteiger partial charge in [0.15, 0.2) is 0 Å². The lowest BCUT2D eigenvalue weighted by Gasteiger charge is -2.58. The summed E-state index contributed by atoms with van der Waals surface area (Å²) in [4.78, 5) is 0. The van der Waals surface area contributed by atoms with Gasteiger partial charge in [-0.1, -0.05) is 53.2 Å². The van der Waals surface area contributed by atoms with Crippen LogP contribution in [0.5, 0.6) is 0 Å². The first-order valence-corrected chi connectivity index (χ1v) is 17.2. The normalized spacial score (nSPS) is 42.2. The molecule has 0 bridgehead atoms. The Morgan fingerprint density at radius 3 is 2.52 bits per heavy atom. The fourth-order valence-electron chi connectivity index (χ4n) is 8.77. The lowest BCUT2D eigenvalue weighted by Crippen LogP contribution is -2.50. The van der Waals surface area contributed by atoms with Crippen molar-refractivity contribution in [1.82, 2.24) is 0 Å². The zero-order valence-corrected chi connectivity index (χ0v) is 24.2. The highest BCUT2D eigenvalue weighted by Crippen LogP contribution is 2.67. The monoisotopic (exact) mass is 474 g/mol. The summed E-state index contributed by atoms with van der Waals surface area (Å²) in [7, 11) is -1.62. The first-order valence-electron chi connectivity index (χ1n) is 14.3. The maximum atomic E-state index is 10.3. The molecule has 0 aromatic carbocycles. The molecule has 0 spiro atoms. The van der Waals surface area contributed by atoms with Crippen LogP contribution in [0.4, 0.5) is 0 Å². The fraction of sp³-hybridized carbons (Fsp3) is 0.933. The van der Waals surface area contributed by atoms with E-state index in [0.717, 1.165) is 49.0 Å². The number of hydrogen-bond acceptors (Lipinski definition) is 2. The Labute approximate surface area is 206 Å². The highest BCUT2D eigenvalue weighted by molar-refractivity contribution is 6.74. The summed E-state index contributed by atoms with van der Waals surface area (Å²) in [6.45, 7) is 20.5. The minimum atomic E-state index is -1.62. The highest BCUT2D eigenvalue weighted by Gasteiger charge is 2.59. The van der Waals surface area contributed by atoms with E-state index in [1.54, 1.807) is 5.57 Å². The number of rotatable bonds is 6. The van der Waals surface area contributed by atoms with Gasteiger partial charge in [-0.3, -0.25) is 0 Å². The van der Waals surface area contributed by atoms with Crippen LogP contribution in [0.1, 0.15) is 106 Å². The van der Waals surface area contributed by atoms with Gasteiger partial charge in [-0.2, -0.15) is 0 Å². The van der Waals surface area contributed by atoms with E-state index in [9.17, 15) is 5.11 Å². The van der Waals surface area contributed by atoms with Crippen LogP contribution in [0, 0.1) is 40.4 Å². The number of fused-ring (bicyclic) bond motifs is 5. The van der Waals surface area contributed by atoms with Crippen molar-refractivity contribution in [2.45, 2.75) is 130 Å². The van der Waals surface area contributed by atoms with E-state index < -0.39 is 8.32 Å². The predicted octanol–water partition coefficient (Wildman–Crippen LogP) is 8.36. The van der Waals surface area contributed by atoms with Crippen LogP contribution in [0.3, 0.4) is 0 Å². The SMILES string of the molecule is C[C@H](CCCO[Si-](C)(C)C(C)(C)C)[C@H]1CC[C@H]2[C@@H]3CC=C4C[C@@H](O)CC[C@]4(C)[C@H]3CC[C@]12C. The average molecular weight is 475 g/mol. The van der Waals surface area contributed by atoms with Crippen molar-refractivity contribution in [2.75, 3.05) is 6.61 Å². The molecule has 0 aromatic heterocycles. The molecule has 0 unspecified atom stereocenters. The number of aliphatic hydroxyl groups excluding tert-OH is 1. The third kappa shape index (κ3) is 4.57. The molecule has 0 radical (unpaired) electrons. The van der Waals surface area contributed by atoms with Crippen molar-refractivity contribution in [2.24, 2.45) is 40.4 Å². The van der Waals surface area contributed by atoms with Crippen molar-refractivity contribution in [3.05, 3.63) is 11.6 Å². The summed E-state index contributed by atoms with van der Waals surface area (Å²) in [5.74, 6) is 4.35. The van der Waals surface area contributed by atoms with Crippen molar-refractivity contribution >= 4 is 8.32 Å². The average Bonchev–Trinajstić information content (AvgIpc) is 3.08. The standard InChI is InChI=1S/C30H54O2Si/c1-21(10-9-19-32-33(7,8)28(2,3)4)25-13-14-26-24-12-11-22-20-23(31)15-17-29(22,5)27(24)16-18-30(25,26)6/h11,21,23-27,31H,9-10,12-20H2,1-8H3/q-1/t21-,23+,24+,25-,26+,27+,29+,30-/m1/s1. The minimum Gasteiger partial charge on any atom is -0.565 e. The second kappa shape index (κ2) is 9.07. The quantitative estimate of drug-likeness (QED) is 0.238. The smallest absolute Gasteiger partial charge is 0.0577 e. The second-order valence-corrected chi connectivity index (χ2v) is 19.4. The molecule has 4 rings (SSSR count). The van der Waals surface area contributed by atoms with Crippen molar-refractivity contribution < 1.29 is 9.53 Å². The zero-order chi connectivity index (χ0) is 24.2. The Morgan fingerprint density at radius 1 is 1.09 bits per heavy atom. The van der Waals surface area contributed by atoms with Crippen LogP contribution in [-0.2, 0) is 4.43 Å². The van der Waals surface area contributed by atoms with Gasteiger partial charge in [0.05, 0.1) is 6.10 Å². The van der Waals surface area contributed by atoms with Crippen molar-refractivity contribution in [3.8, 4) is 0 Å². The topological polar surface area (TPSA) is 29.5 Å². The first kappa shape index (κ1) is 26.0. The molecule has 8 atom stereocenters. The molecule has 0 aliphatic heterocycles. The Kier molecular flexibility index (Phi) is 7.14. The van der Waals surface area contributed by atoms with Gasteiger partial charge in [0.1, 0.15) is 0 Å². The molecule has 4 aliphatic rings. The zero-order valence-electron chi connectivity index (χ0n) is 23.2. The maximum Gasteiger partial charge on any atom is 0.0577 e. The fourth-order valence-corrected chi connectivity index (χ4v) is 9.85. The molecule has 0 aromatic rings. The molecule has 0 heterocycles. The molecule has 33 heavy (non-hydrogen) atoms. The Hall–Kier alpha value is -0.123. The van der Waals surface area contributed by atoms with E-state index in [-0.39, 0.29) is 6.10 Å². The predicted molar refractivity (Wildman–Crippen MR) is 143 cm³/mol. The van der Waals surface area contributed by atoms with Crippen LogP contribution in [0.25, 0.3) is 0 Å². The van der Waals surface area contributed by atoms with Gasteiger partial charge in [0.2, 0.25) is 0 Å². The second-order valence-electron chi connectivity index (χ2n) is 14.6. The number of hydrogen-bond donors (Lipinski definition) is 1. The maximum absolute atomic E-state index is 10.3. The summed E-state index contributed by atoms with van der Waals surface area (Å²) in [6, 6.07) is 0. The van der Waals surface area contributed by atoms with Gasteiger partial charge in [-0.15, -0.1) is 18.1 Å². The molecule has 0 saturated heterocycles. The molecular formula is C30H54O2Si-. The van der Waals surface area contributed by atoms with E-state index in [1.165, 1.54) is 51.4 Å². The van der Waals surface area contributed by atoms with Crippen LogP contribution >= 0.6 is 0 Å². The van der Waals surface area contributed by atoms with E-state index in [0.29, 0.717) is 15.9 Å². The van der Waals surface area contributed by atoms with Crippen LogP contribution in [-0.4, -0.2) is 26.1 Å². The van der Waals surface area contributed by atoms with E-state index in [1.807, 2.05) is 0 Å². The molecule has 3 saturated carbocycles. The Bertz CT molecular complexity index is 736. The van der Waals surface area contributed by atoms with E-state index >= 15 is 0 Å². The Morgan fingerprint density at radius 2 is 1.82 bits per heavy atom. The molecule has 3 heteroatoms. The largest absolute Gasteiger partial charge is 0.565 e. The lowest BCUT2D eigenvalue weighted by atomic mass is 9.47. The van der Waals surface area contributed by atoms with Gasteiger partial charge in [-0.25, -0.2) is 0 Å². The summed E-state index contributed by atoms with van der Waals surface area (Å²) in [5, 5.41) is 10.6. The molecule has 0 amide bonds. The first-order chi connectivity index (χ1) is 15.3. The summed E-state index contributed by atoms with van der Waals surface area (Å²) in [6.07, 6.45) is 15.2. The van der Waals surface area contributed by atoms with Crippen LogP contribution in [0.15, 0.2) is 11.6 Å². The van der Waals surface area contributed by atoms with Crippen molar-refractivity contribution in [1.29, 1.82) is 0 Å². The highest BCUT2D eigenvalue weighted by atomic mass is 28.4. The van der Waals surface area contributed by atoms with Gasteiger partial charge in [0, 0.05) is 6.61 Å². The van der Waals surface area contributed by atoms with Gasteiger partial charge >= 0.3 is 0 Å². The molecule has 1 N–H and O–H groups in total. The molecule has 191 valence electrons. The number of aliphatic hydroxyl groups is 1. The molecular weight excluding hydrogens is 420 g/mol. The van der Waals surface area contributed by atoms with Gasteiger partial charge in [-0.05, 0) is 113 Å². The van der Waals surface area contributed by atoms with E-state index in [2.05, 4.69) is 60.7 Å². The van der Waals surface area contributed by atoms with Crippen LogP contribution in [0.2, 0.25) is 18.1 Å². The van der Waals surface area contributed by atoms with Gasteiger partial charge in [0.25, 0.3) is 0 Å². The summed E-state index contributed by atoms with van der Waals surface area (Å²) >= 11 is 0. The third-order valence-corrected chi connectivity index (χ3v) is 16.4. The summed E-state index contributed by atoms with van der Waals surface area (Å²) in [5.41, 5.74) is 2.51. The number of allylic oxidation sites excluding steroid dienone is 1. The Balaban J connectivity index is 1.38.